The van der Waals surface area contributed by atoms with Crippen molar-refractivity contribution in [3.05, 3.63) is 47.8 Å². The number of aromatic nitrogens is 1. The molecule has 4 aliphatic rings. The zero-order chi connectivity index (χ0) is 18.9. The Morgan fingerprint density at radius 3 is 2.70 bits per heavy atom. The van der Waals surface area contributed by atoms with Crippen molar-refractivity contribution in [3.8, 4) is 0 Å². The summed E-state index contributed by atoms with van der Waals surface area (Å²) in [6, 6.07) is 4.32. The first-order valence-corrected chi connectivity index (χ1v) is 10.9. The van der Waals surface area contributed by atoms with Crippen LogP contribution in [0.15, 0.2) is 42.3 Å². The lowest BCUT2D eigenvalue weighted by Gasteiger charge is -2.62. The first kappa shape index (κ1) is 17.7. The van der Waals surface area contributed by atoms with Gasteiger partial charge < -0.3 is 5.11 Å². The minimum absolute atomic E-state index is 0.209. The average molecular weight is 364 g/mol. The van der Waals surface area contributed by atoms with E-state index in [0.717, 1.165) is 24.7 Å². The first-order valence-electron chi connectivity index (χ1n) is 10.9. The van der Waals surface area contributed by atoms with Gasteiger partial charge in [-0.1, -0.05) is 44.6 Å². The van der Waals surface area contributed by atoms with Crippen LogP contribution in [0.5, 0.6) is 0 Å². The minimum atomic E-state index is -0.209. The molecule has 2 heteroatoms. The lowest BCUT2D eigenvalue weighted by molar-refractivity contribution is -0.0855. The van der Waals surface area contributed by atoms with Gasteiger partial charge in [-0.15, -0.1) is 0 Å². The number of hydrogen-bond donors (Lipinski definition) is 1. The fourth-order valence-corrected chi connectivity index (χ4v) is 7.60. The second-order valence-electron chi connectivity index (χ2n) is 10.3. The standard InChI is InChI=1S/C25H33NO/c1-23-11-8-19(27)15-18(23)6-7-22-21(23)10-13-24(2)20(9-12-25(22,24)3)17-5-4-14-26-16-17/h4-5,9,14-16,19,21-22,27H,6-8,10-13H2,1-3H3. The zero-order valence-electron chi connectivity index (χ0n) is 17.0. The van der Waals surface area contributed by atoms with Crippen molar-refractivity contribution in [1.29, 1.82) is 0 Å². The Labute approximate surface area is 163 Å². The van der Waals surface area contributed by atoms with E-state index in [-0.39, 0.29) is 11.5 Å². The Hall–Kier alpha value is -1.41. The molecular formula is C25H33NO. The van der Waals surface area contributed by atoms with Crippen LogP contribution in [0, 0.1) is 28.1 Å². The summed E-state index contributed by atoms with van der Waals surface area (Å²) >= 11 is 0. The van der Waals surface area contributed by atoms with Gasteiger partial charge in [0.2, 0.25) is 0 Å². The summed E-state index contributed by atoms with van der Waals surface area (Å²) < 4.78 is 0. The third-order valence-electron chi connectivity index (χ3n) is 9.45. The van der Waals surface area contributed by atoms with Gasteiger partial charge in [-0.25, -0.2) is 0 Å². The number of nitrogens with zero attached hydrogens (tertiary/aromatic N) is 1. The molecule has 2 saturated carbocycles. The number of pyridine rings is 1. The van der Waals surface area contributed by atoms with E-state index < -0.39 is 0 Å². The van der Waals surface area contributed by atoms with Gasteiger partial charge in [0, 0.05) is 12.4 Å². The molecule has 2 fully saturated rings. The van der Waals surface area contributed by atoms with Gasteiger partial charge in [-0.05, 0) is 90.2 Å². The molecule has 144 valence electrons. The maximum atomic E-state index is 10.2. The van der Waals surface area contributed by atoms with Crippen LogP contribution in [0.25, 0.3) is 5.57 Å². The van der Waals surface area contributed by atoms with Crippen LogP contribution in [0.3, 0.4) is 0 Å². The molecule has 0 spiro atoms. The van der Waals surface area contributed by atoms with Gasteiger partial charge in [-0.3, -0.25) is 4.98 Å². The predicted octanol–water partition coefficient (Wildman–Crippen LogP) is 5.79. The van der Waals surface area contributed by atoms with Crippen LogP contribution in [0.2, 0.25) is 0 Å². The van der Waals surface area contributed by atoms with E-state index in [4.69, 9.17) is 0 Å². The van der Waals surface area contributed by atoms with Crippen LogP contribution in [-0.4, -0.2) is 16.2 Å². The highest BCUT2D eigenvalue weighted by molar-refractivity contribution is 5.73. The van der Waals surface area contributed by atoms with Gasteiger partial charge >= 0.3 is 0 Å². The van der Waals surface area contributed by atoms with E-state index in [2.05, 4.69) is 56.2 Å². The number of rotatable bonds is 1. The van der Waals surface area contributed by atoms with E-state index in [1.165, 1.54) is 37.7 Å². The second-order valence-corrected chi connectivity index (χ2v) is 10.3. The lowest BCUT2D eigenvalue weighted by atomic mass is 9.42. The van der Waals surface area contributed by atoms with Crippen molar-refractivity contribution in [2.45, 2.75) is 71.8 Å². The van der Waals surface area contributed by atoms with Crippen molar-refractivity contribution in [1.82, 2.24) is 4.98 Å². The Morgan fingerprint density at radius 1 is 1.07 bits per heavy atom. The topological polar surface area (TPSA) is 33.1 Å². The van der Waals surface area contributed by atoms with Gasteiger partial charge in [-0.2, -0.15) is 0 Å². The molecular weight excluding hydrogens is 330 g/mol. The number of fused-ring (bicyclic) bond motifs is 5. The molecule has 0 saturated heterocycles. The van der Waals surface area contributed by atoms with Crippen molar-refractivity contribution in [2.75, 3.05) is 0 Å². The van der Waals surface area contributed by atoms with Gasteiger partial charge in [0.05, 0.1) is 6.10 Å². The summed E-state index contributed by atoms with van der Waals surface area (Å²) in [7, 11) is 0. The fraction of sp³-hybridized carbons (Fsp3) is 0.640. The number of aliphatic hydroxyl groups excluding tert-OH is 1. The van der Waals surface area contributed by atoms with Crippen molar-refractivity contribution >= 4 is 5.57 Å². The highest BCUT2D eigenvalue weighted by Gasteiger charge is 2.62. The SMILES string of the molecule is CC12CCC(O)C=C1CCC1C2CCC2(C)C(c3cccnc3)=CCC12C. The summed E-state index contributed by atoms with van der Waals surface area (Å²) in [5, 5.41) is 10.2. The molecule has 0 amide bonds. The Bertz CT molecular complexity index is 811. The van der Waals surface area contributed by atoms with Crippen LogP contribution in [0.4, 0.5) is 0 Å². The Morgan fingerprint density at radius 2 is 1.93 bits per heavy atom. The molecule has 0 aromatic carbocycles. The van der Waals surface area contributed by atoms with E-state index in [1.54, 1.807) is 11.1 Å². The highest BCUT2D eigenvalue weighted by atomic mass is 16.3. The van der Waals surface area contributed by atoms with Gasteiger partial charge in [0.1, 0.15) is 0 Å². The molecule has 0 radical (unpaired) electrons. The quantitative estimate of drug-likeness (QED) is 0.641. The molecule has 27 heavy (non-hydrogen) atoms. The number of allylic oxidation sites excluding steroid dienone is 3. The highest BCUT2D eigenvalue weighted by Crippen LogP contribution is 2.72. The maximum absolute atomic E-state index is 10.2. The molecule has 0 bridgehead atoms. The molecule has 1 aromatic rings. The molecule has 4 aliphatic carbocycles. The molecule has 5 rings (SSSR count). The average Bonchev–Trinajstić information content (AvgIpc) is 2.94. The maximum Gasteiger partial charge on any atom is 0.0724 e. The van der Waals surface area contributed by atoms with E-state index in [1.807, 2.05) is 6.20 Å². The van der Waals surface area contributed by atoms with E-state index in [9.17, 15) is 5.11 Å². The molecule has 6 atom stereocenters. The van der Waals surface area contributed by atoms with E-state index >= 15 is 0 Å². The summed E-state index contributed by atoms with van der Waals surface area (Å²) in [5.41, 5.74) is 5.33. The van der Waals surface area contributed by atoms with Crippen LogP contribution >= 0.6 is 0 Å². The Kier molecular flexibility index (Phi) is 3.79. The van der Waals surface area contributed by atoms with Gasteiger partial charge in [0.15, 0.2) is 0 Å². The van der Waals surface area contributed by atoms with Crippen molar-refractivity contribution < 1.29 is 5.11 Å². The monoisotopic (exact) mass is 363 g/mol. The fourth-order valence-electron chi connectivity index (χ4n) is 7.60. The third-order valence-corrected chi connectivity index (χ3v) is 9.45. The molecule has 1 heterocycles. The largest absolute Gasteiger partial charge is 0.389 e. The summed E-state index contributed by atoms with van der Waals surface area (Å²) in [4.78, 5) is 4.40. The summed E-state index contributed by atoms with van der Waals surface area (Å²) in [6.45, 7) is 7.63. The molecule has 2 nitrogen and oxygen atoms in total. The Balaban J connectivity index is 1.52. The normalized spacial score (nSPS) is 46.0. The lowest BCUT2D eigenvalue weighted by Crippen LogP contribution is -2.55. The van der Waals surface area contributed by atoms with E-state index in [0.29, 0.717) is 10.8 Å². The van der Waals surface area contributed by atoms with Crippen molar-refractivity contribution in [2.24, 2.45) is 28.1 Å². The molecule has 6 unspecified atom stereocenters. The van der Waals surface area contributed by atoms with Crippen LogP contribution < -0.4 is 0 Å². The summed E-state index contributed by atoms with van der Waals surface area (Å²) in [6.07, 6.45) is 16.9. The molecule has 1 aromatic heterocycles. The smallest absolute Gasteiger partial charge is 0.0724 e. The second kappa shape index (κ2) is 5.80. The van der Waals surface area contributed by atoms with Crippen LogP contribution in [-0.2, 0) is 0 Å². The van der Waals surface area contributed by atoms with Crippen molar-refractivity contribution in [3.63, 3.8) is 0 Å². The van der Waals surface area contributed by atoms with Crippen LogP contribution in [0.1, 0.15) is 71.3 Å². The predicted molar refractivity (Wildman–Crippen MR) is 110 cm³/mol. The summed E-state index contributed by atoms with van der Waals surface area (Å²) in [5.74, 6) is 1.55. The first-order chi connectivity index (χ1) is 12.9. The minimum Gasteiger partial charge on any atom is -0.389 e. The zero-order valence-corrected chi connectivity index (χ0v) is 17.0. The molecule has 1 N–H and O–H groups in total. The number of aliphatic hydroxyl groups is 1. The van der Waals surface area contributed by atoms with Gasteiger partial charge in [0.25, 0.3) is 0 Å². The number of hydrogen-bond acceptors (Lipinski definition) is 2. The molecule has 0 aliphatic heterocycles. The third kappa shape index (κ3) is 2.26.